The van der Waals surface area contributed by atoms with Gasteiger partial charge in [-0.3, -0.25) is 0 Å². The molecule has 11 heavy (non-hydrogen) atoms. The van der Waals surface area contributed by atoms with E-state index in [-0.39, 0.29) is 12.4 Å². The Labute approximate surface area is 74.4 Å². The molecule has 0 spiro atoms. The summed E-state index contributed by atoms with van der Waals surface area (Å²) in [4.78, 5) is 0. The average Bonchev–Trinajstić information content (AvgIpc) is 2.41. The Morgan fingerprint density at radius 1 is 1.64 bits per heavy atom. The molecule has 0 saturated carbocycles. The molecule has 2 nitrogen and oxygen atoms in total. The van der Waals surface area contributed by atoms with E-state index in [9.17, 15) is 0 Å². The molecular formula is C8H16ClNO. The van der Waals surface area contributed by atoms with Crippen LogP contribution in [-0.4, -0.2) is 26.3 Å². The zero-order valence-corrected chi connectivity index (χ0v) is 7.69. The van der Waals surface area contributed by atoms with Crippen molar-refractivity contribution >= 4 is 12.4 Å². The summed E-state index contributed by atoms with van der Waals surface area (Å²) in [5.41, 5.74) is 0. The van der Waals surface area contributed by atoms with Crippen LogP contribution in [0.2, 0.25) is 0 Å². The van der Waals surface area contributed by atoms with Gasteiger partial charge >= 0.3 is 0 Å². The first kappa shape index (κ1) is 11.0. The highest BCUT2D eigenvalue weighted by Gasteiger charge is 2.08. The minimum absolute atomic E-state index is 0. The van der Waals surface area contributed by atoms with Crippen molar-refractivity contribution in [3.8, 4) is 0 Å². The summed E-state index contributed by atoms with van der Waals surface area (Å²) in [6.45, 7) is 1.90. The molecule has 0 aliphatic carbocycles. The Morgan fingerprint density at radius 3 is 3.00 bits per heavy atom. The minimum Gasteiger partial charge on any atom is -0.381 e. The van der Waals surface area contributed by atoms with Crippen molar-refractivity contribution in [2.45, 2.75) is 18.9 Å². The molecule has 66 valence electrons. The number of methoxy groups -OCH3 is 1. The molecular weight excluding hydrogens is 162 g/mol. The maximum atomic E-state index is 4.89. The Hall–Kier alpha value is -0.0500. The predicted molar refractivity (Wildman–Crippen MR) is 49.3 cm³/mol. The van der Waals surface area contributed by atoms with E-state index < -0.39 is 0 Å². The van der Waals surface area contributed by atoms with Gasteiger partial charge in [-0.2, -0.15) is 0 Å². The van der Waals surface area contributed by atoms with Crippen molar-refractivity contribution in [3.63, 3.8) is 0 Å². The van der Waals surface area contributed by atoms with Gasteiger partial charge in [-0.15, -0.1) is 12.4 Å². The van der Waals surface area contributed by atoms with Crippen LogP contribution in [0.4, 0.5) is 0 Å². The maximum absolute atomic E-state index is 4.89. The summed E-state index contributed by atoms with van der Waals surface area (Å²) in [6.07, 6.45) is 6.85. The summed E-state index contributed by atoms with van der Waals surface area (Å²) < 4.78 is 4.89. The number of ether oxygens (including phenoxy) is 1. The van der Waals surface area contributed by atoms with E-state index in [1.807, 2.05) is 0 Å². The smallest absolute Gasteiger partial charge is 0.0644 e. The SMILES string of the molecule is COC/C=C/C1CCCN1.Cl. The first-order chi connectivity index (χ1) is 4.93. The van der Waals surface area contributed by atoms with E-state index in [2.05, 4.69) is 17.5 Å². The normalized spacial score (nSPS) is 23.9. The summed E-state index contributed by atoms with van der Waals surface area (Å²) in [7, 11) is 1.71. The van der Waals surface area contributed by atoms with E-state index >= 15 is 0 Å². The van der Waals surface area contributed by atoms with Gasteiger partial charge in [0, 0.05) is 13.2 Å². The largest absolute Gasteiger partial charge is 0.381 e. The number of hydrogen-bond donors (Lipinski definition) is 1. The van der Waals surface area contributed by atoms with Crippen molar-refractivity contribution in [2.24, 2.45) is 0 Å². The second-order valence-corrected chi connectivity index (χ2v) is 2.59. The van der Waals surface area contributed by atoms with Gasteiger partial charge in [-0.1, -0.05) is 12.2 Å². The second-order valence-electron chi connectivity index (χ2n) is 2.59. The summed E-state index contributed by atoms with van der Waals surface area (Å²) in [5, 5.41) is 3.37. The lowest BCUT2D eigenvalue weighted by molar-refractivity contribution is 0.233. The molecule has 1 rings (SSSR count). The second kappa shape index (κ2) is 6.65. The van der Waals surface area contributed by atoms with Gasteiger partial charge < -0.3 is 10.1 Å². The fourth-order valence-electron chi connectivity index (χ4n) is 1.19. The molecule has 1 saturated heterocycles. The van der Waals surface area contributed by atoms with Crippen molar-refractivity contribution in [2.75, 3.05) is 20.3 Å². The van der Waals surface area contributed by atoms with Crippen LogP contribution in [0.5, 0.6) is 0 Å². The molecule has 0 aromatic heterocycles. The highest BCUT2D eigenvalue weighted by Crippen LogP contribution is 2.05. The standard InChI is InChI=1S/C8H15NO.ClH/c1-10-7-3-5-8-4-2-6-9-8;/h3,5,8-9H,2,4,6-7H2,1H3;1H/b5-3+;. The van der Waals surface area contributed by atoms with Crippen LogP contribution in [0, 0.1) is 0 Å². The van der Waals surface area contributed by atoms with Gasteiger partial charge in [0.2, 0.25) is 0 Å². The van der Waals surface area contributed by atoms with Crippen LogP contribution in [0.1, 0.15) is 12.8 Å². The number of halogens is 1. The first-order valence-electron chi connectivity index (χ1n) is 3.82. The quantitative estimate of drug-likeness (QED) is 0.658. The molecule has 0 radical (unpaired) electrons. The van der Waals surface area contributed by atoms with E-state index in [1.54, 1.807) is 7.11 Å². The molecule has 1 heterocycles. The van der Waals surface area contributed by atoms with Crippen molar-refractivity contribution in [1.82, 2.24) is 5.32 Å². The van der Waals surface area contributed by atoms with Crippen LogP contribution in [-0.2, 0) is 4.74 Å². The third-order valence-corrected chi connectivity index (χ3v) is 1.73. The predicted octanol–water partition coefficient (Wildman–Crippen LogP) is 1.36. The van der Waals surface area contributed by atoms with E-state index in [0.717, 1.165) is 6.61 Å². The molecule has 1 fully saturated rings. The zero-order chi connectivity index (χ0) is 7.23. The molecule has 0 aromatic carbocycles. The lowest BCUT2D eigenvalue weighted by Crippen LogP contribution is -2.18. The summed E-state index contributed by atoms with van der Waals surface area (Å²) >= 11 is 0. The molecule has 3 heteroatoms. The molecule has 0 bridgehead atoms. The van der Waals surface area contributed by atoms with Crippen molar-refractivity contribution < 1.29 is 4.74 Å². The Balaban J connectivity index is 0.000001000. The first-order valence-corrected chi connectivity index (χ1v) is 3.82. The van der Waals surface area contributed by atoms with Crippen molar-refractivity contribution in [3.05, 3.63) is 12.2 Å². The third kappa shape index (κ3) is 4.40. The molecule has 1 aliphatic rings. The number of rotatable bonds is 3. The summed E-state index contributed by atoms with van der Waals surface area (Å²) in [6, 6.07) is 0.607. The number of hydrogen-bond acceptors (Lipinski definition) is 2. The van der Waals surface area contributed by atoms with Crippen LogP contribution < -0.4 is 5.32 Å². The number of nitrogens with one attached hydrogen (secondary N) is 1. The van der Waals surface area contributed by atoms with Crippen LogP contribution in [0.15, 0.2) is 12.2 Å². The van der Waals surface area contributed by atoms with Gasteiger partial charge in [0.15, 0.2) is 0 Å². The molecule has 1 aliphatic heterocycles. The molecule has 0 amide bonds. The summed E-state index contributed by atoms with van der Waals surface area (Å²) in [5.74, 6) is 0. The van der Waals surface area contributed by atoms with E-state index in [4.69, 9.17) is 4.74 Å². The fraction of sp³-hybridized carbons (Fsp3) is 0.750. The fourth-order valence-corrected chi connectivity index (χ4v) is 1.19. The molecule has 1 atom stereocenters. The maximum Gasteiger partial charge on any atom is 0.0644 e. The van der Waals surface area contributed by atoms with Gasteiger partial charge in [0.05, 0.1) is 6.61 Å². The molecule has 0 aromatic rings. The Morgan fingerprint density at radius 2 is 2.45 bits per heavy atom. The average molecular weight is 178 g/mol. The topological polar surface area (TPSA) is 21.3 Å². The van der Waals surface area contributed by atoms with Crippen molar-refractivity contribution in [1.29, 1.82) is 0 Å². The van der Waals surface area contributed by atoms with Gasteiger partial charge in [0.25, 0.3) is 0 Å². The lowest BCUT2D eigenvalue weighted by atomic mass is 10.2. The Bertz CT molecular complexity index is 111. The van der Waals surface area contributed by atoms with Crippen LogP contribution in [0.25, 0.3) is 0 Å². The monoisotopic (exact) mass is 177 g/mol. The lowest BCUT2D eigenvalue weighted by Gasteiger charge is -2.00. The van der Waals surface area contributed by atoms with Gasteiger partial charge in [-0.05, 0) is 19.4 Å². The van der Waals surface area contributed by atoms with Crippen LogP contribution in [0.3, 0.4) is 0 Å². The van der Waals surface area contributed by atoms with E-state index in [1.165, 1.54) is 19.4 Å². The van der Waals surface area contributed by atoms with Crippen LogP contribution >= 0.6 is 12.4 Å². The molecule has 1 unspecified atom stereocenters. The highest BCUT2D eigenvalue weighted by atomic mass is 35.5. The highest BCUT2D eigenvalue weighted by molar-refractivity contribution is 5.85. The minimum atomic E-state index is 0. The van der Waals surface area contributed by atoms with Gasteiger partial charge in [0.1, 0.15) is 0 Å². The van der Waals surface area contributed by atoms with E-state index in [0.29, 0.717) is 6.04 Å². The van der Waals surface area contributed by atoms with Gasteiger partial charge in [-0.25, -0.2) is 0 Å². The Kier molecular flexibility index (Phi) is 6.62. The zero-order valence-electron chi connectivity index (χ0n) is 6.88. The third-order valence-electron chi connectivity index (χ3n) is 1.73. The molecule has 1 N–H and O–H groups in total.